The highest BCUT2D eigenvalue weighted by molar-refractivity contribution is 6.35. The summed E-state index contributed by atoms with van der Waals surface area (Å²) in [4.78, 5) is 21.8. The summed E-state index contributed by atoms with van der Waals surface area (Å²) in [5, 5.41) is 8.57. The van der Waals surface area contributed by atoms with Crippen molar-refractivity contribution in [3.8, 4) is 0 Å². The smallest absolute Gasteiger partial charge is 0.254 e. The summed E-state index contributed by atoms with van der Waals surface area (Å²) in [6, 6.07) is 4.84. The third kappa shape index (κ3) is 3.31. The van der Waals surface area contributed by atoms with Gasteiger partial charge >= 0.3 is 0 Å². The Morgan fingerprint density at radius 2 is 1.96 bits per heavy atom. The van der Waals surface area contributed by atoms with Gasteiger partial charge in [0.25, 0.3) is 5.91 Å². The van der Waals surface area contributed by atoms with Crippen LogP contribution in [-0.2, 0) is 4.79 Å². The molecule has 1 N–H and O–H groups in total. The van der Waals surface area contributed by atoms with Crippen LogP contribution in [0.25, 0.3) is 0 Å². The number of hydrogen-bond donors (Lipinski definition) is 1. The minimum atomic E-state index is -0.458. The van der Waals surface area contributed by atoms with E-state index in [2.05, 4.69) is 27.3 Å². The number of hydrogen-bond acceptors (Lipinski definition) is 5. The molecular weight excluding hydrogens is 387 g/mol. The van der Waals surface area contributed by atoms with Crippen LogP contribution in [0.3, 0.4) is 0 Å². The number of halogens is 2. The zero-order valence-corrected chi connectivity index (χ0v) is 16.6. The number of benzene rings is 1. The number of rotatable bonds is 2. The second-order valence-corrected chi connectivity index (χ2v) is 7.70. The maximum atomic E-state index is 13.4. The van der Waals surface area contributed by atoms with Gasteiger partial charge in [-0.1, -0.05) is 29.3 Å². The van der Waals surface area contributed by atoms with Crippen molar-refractivity contribution < 1.29 is 4.79 Å². The van der Waals surface area contributed by atoms with E-state index in [1.807, 2.05) is 17.9 Å². The number of amides is 1. The summed E-state index contributed by atoms with van der Waals surface area (Å²) in [5.74, 6) is 0.573. The molecule has 27 heavy (non-hydrogen) atoms. The Balaban J connectivity index is 1.79. The number of nitrogens with zero attached hydrogens (tertiary/aromatic N) is 5. The average Bonchev–Trinajstić information content (AvgIpc) is 3.09. The molecule has 1 saturated heterocycles. The number of fused-ring (bicyclic) bond motifs is 1. The van der Waals surface area contributed by atoms with E-state index in [-0.39, 0.29) is 5.91 Å². The van der Waals surface area contributed by atoms with Crippen LogP contribution in [0.4, 0.5) is 5.95 Å². The van der Waals surface area contributed by atoms with E-state index < -0.39 is 6.04 Å². The first-order valence-electron chi connectivity index (χ1n) is 8.76. The summed E-state index contributed by atoms with van der Waals surface area (Å²) in [5.41, 5.74) is 2.16. The minimum absolute atomic E-state index is 0.00901. The molecule has 1 aromatic carbocycles. The van der Waals surface area contributed by atoms with Crippen LogP contribution < -0.4 is 5.32 Å². The van der Waals surface area contributed by atoms with E-state index in [1.165, 1.54) is 6.33 Å². The van der Waals surface area contributed by atoms with Crippen molar-refractivity contribution in [2.24, 2.45) is 0 Å². The van der Waals surface area contributed by atoms with Gasteiger partial charge in [0.05, 0.1) is 5.57 Å². The van der Waals surface area contributed by atoms with Gasteiger partial charge in [0.15, 0.2) is 0 Å². The lowest BCUT2D eigenvalue weighted by atomic mass is 9.94. The van der Waals surface area contributed by atoms with E-state index in [4.69, 9.17) is 23.2 Å². The Labute approximate surface area is 167 Å². The van der Waals surface area contributed by atoms with Crippen LogP contribution in [0.5, 0.6) is 0 Å². The first-order valence-corrected chi connectivity index (χ1v) is 9.51. The van der Waals surface area contributed by atoms with Gasteiger partial charge in [-0.15, -0.1) is 0 Å². The van der Waals surface area contributed by atoms with Gasteiger partial charge < -0.3 is 15.1 Å². The van der Waals surface area contributed by atoms with Gasteiger partial charge in [-0.05, 0) is 26.1 Å². The lowest BCUT2D eigenvalue weighted by molar-refractivity contribution is -0.129. The molecule has 2 aromatic rings. The zero-order valence-electron chi connectivity index (χ0n) is 15.1. The predicted octanol–water partition coefficient (Wildman–Crippen LogP) is 2.65. The highest BCUT2D eigenvalue weighted by atomic mass is 35.5. The number of anilines is 1. The molecule has 1 fully saturated rings. The lowest BCUT2D eigenvalue weighted by Crippen LogP contribution is -2.49. The third-order valence-corrected chi connectivity index (χ3v) is 5.63. The van der Waals surface area contributed by atoms with E-state index in [9.17, 15) is 4.79 Å². The number of piperazine rings is 1. The van der Waals surface area contributed by atoms with Crippen LogP contribution in [0.2, 0.25) is 10.0 Å². The van der Waals surface area contributed by atoms with Crippen LogP contribution >= 0.6 is 23.2 Å². The third-order valence-electron chi connectivity index (χ3n) is 5.07. The van der Waals surface area contributed by atoms with Gasteiger partial charge in [-0.2, -0.15) is 10.1 Å². The molecule has 0 spiro atoms. The molecule has 1 amide bonds. The molecule has 1 atom stereocenters. The molecule has 0 unspecified atom stereocenters. The fraction of sp³-hybridized carbons (Fsp3) is 0.389. The molecule has 0 bridgehead atoms. The van der Waals surface area contributed by atoms with Crippen molar-refractivity contribution in [2.75, 3.05) is 38.5 Å². The van der Waals surface area contributed by atoms with Crippen molar-refractivity contribution in [1.82, 2.24) is 24.6 Å². The predicted molar refractivity (Wildman–Crippen MR) is 105 cm³/mol. The Morgan fingerprint density at radius 3 is 2.67 bits per heavy atom. The molecule has 142 valence electrons. The fourth-order valence-corrected chi connectivity index (χ4v) is 4.07. The van der Waals surface area contributed by atoms with Gasteiger partial charge in [0.2, 0.25) is 5.95 Å². The Kier molecular flexibility index (Phi) is 4.84. The molecule has 0 radical (unpaired) electrons. The second-order valence-electron chi connectivity index (χ2n) is 6.86. The maximum Gasteiger partial charge on any atom is 0.254 e. The second kappa shape index (κ2) is 7.14. The number of aromatic nitrogens is 3. The Hall–Kier alpha value is -2.09. The lowest BCUT2D eigenvalue weighted by Gasteiger charge is -2.36. The topological polar surface area (TPSA) is 66.3 Å². The molecule has 2 aliphatic heterocycles. The van der Waals surface area contributed by atoms with E-state index in [0.717, 1.165) is 24.4 Å². The van der Waals surface area contributed by atoms with Gasteiger partial charge in [0.1, 0.15) is 12.4 Å². The van der Waals surface area contributed by atoms with Crippen molar-refractivity contribution in [3.05, 3.63) is 51.4 Å². The standard InChI is InChI=1S/C18H20Cl2N6O/c1-11-15(17(27)25-7-5-24(2)6-8-25)16(26-18(23-11)21-10-22-26)13-4-3-12(19)9-14(13)20/h3-4,9-10,16H,5-8H2,1-2H3,(H,21,22,23)/t16-/m0/s1. The van der Waals surface area contributed by atoms with E-state index >= 15 is 0 Å². The molecule has 3 heterocycles. The molecular formula is C18H20Cl2N6O. The molecule has 7 nitrogen and oxygen atoms in total. The molecule has 0 saturated carbocycles. The van der Waals surface area contributed by atoms with Gasteiger partial charge in [-0.3, -0.25) is 4.79 Å². The summed E-state index contributed by atoms with van der Waals surface area (Å²) in [7, 11) is 2.06. The first kappa shape index (κ1) is 18.3. The average molecular weight is 407 g/mol. The summed E-state index contributed by atoms with van der Waals surface area (Å²) < 4.78 is 1.70. The van der Waals surface area contributed by atoms with E-state index in [1.54, 1.807) is 16.8 Å². The van der Waals surface area contributed by atoms with Crippen LogP contribution in [-0.4, -0.2) is 63.7 Å². The monoisotopic (exact) mass is 406 g/mol. The Morgan fingerprint density at radius 1 is 1.22 bits per heavy atom. The number of nitrogens with one attached hydrogen (secondary N) is 1. The molecule has 1 aromatic heterocycles. The van der Waals surface area contributed by atoms with Gasteiger partial charge in [0, 0.05) is 47.5 Å². The normalized spacial score (nSPS) is 20.4. The zero-order chi connectivity index (χ0) is 19.1. The van der Waals surface area contributed by atoms with Gasteiger partial charge in [-0.25, -0.2) is 4.68 Å². The highest BCUT2D eigenvalue weighted by Crippen LogP contribution is 2.39. The molecule has 4 rings (SSSR count). The van der Waals surface area contributed by atoms with Crippen LogP contribution in [0, 0.1) is 0 Å². The fourth-order valence-electron chi connectivity index (χ4n) is 3.56. The quantitative estimate of drug-likeness (QED) is 0.829. The minimum Gasteiger partial charge on any atom is -0.336 e. The summed E-state index contributed by atoms with van der Waals surface area (Å²) in [6.07, 6.45) is 1.47. The van der Waals surface area contributed by atoms with Crippen LogP contribution in [0.1, 0.15) is 18.5 Å². The summed E-state index contributed by atoms with van der Waals surface area (Å²) >= 11 is 12.6. The largest absolute Gasteiger partial charge is 0.336 e. The van der Waals surface area contributed by atoms with Crippen molar-refractivity contribution in [2.45, 2.75) is 13.0 Å². The van der Waals surface area contributed by atoms with Crippen molar-refractivity contribution >= 4 is 35.1 Å². The molecule has 0 aliphatic carbocycles. The number of carbonyl (C=O) groups is 1. The number of allylic oxidation sites excluding steroid dienone is 1. The molecule has 9 heteroatoms. The van der Waals surface area contributed by atoms with Crippen LogP contribution in [0.15, 0.2) is 35.8 Å². The van der Waals surface area contributed by atoms with Crippen molar-refractivity contribution in [3.63, 3.8) is 0 Å². The first-order chi connectivity index (χ1) is 13.0. The van der Waals surface area contributed by atoms with Crippen molar-refractivity contribution in [1.29, 1.82) is 0 Å². The molecule has 2 aliphatic rings. The highest BCUT2D eigenvalue weighted by Gasteiger charge is 2.37. The summed E-state index contributed by atoms with van der Waals surface area (Å²) in [6.45, 7) is 4.98. The maximum absolute atomic E-state index is 13.4. The van der Waals surface area contributed by atoms with E-state index in [0.29, 0.717) is 34.7 Å². The Bertz CT molecular complexity index is 916. The SMILES string of the molecule is CC1=C(C(=O)N2CCN(C)CC2)[C@H](c2ccc(Cl)cc2Cl)n2ncnc2N1. The number of carbonyl (C=O) groups excluding carboxylic acids is 1. The number of likely N-dealkylation sites (N-methyl/N-ethyl adjacent to an activating group) is 1.